The average molecular weight is 323 g/mol. The highest BCUT2D eigenvalue weighted by Gasteiger charge is 2.16. The third kappa shape index (κ3) is 3.74. The topological polar surface area (TPSA) is 53.9 Å². The summed E-state index contributed by atoms with van der Waals surface area (Å²) in [7, 11) is 1.50. The van der Waals surface area contributed by atoms with Gasteiger partial charge in [-0.15, -0.1) is 0 Å². The van der Waals surface area contributed by atoms with Crippen molar-refractivity contribution < 1.29 is 9.63 Å². The Morgan fingerprint density at radius 3 is 2.54 bits per heavy atom. The van der Waals surface area contributed by atoms with Gasteiger partial charge in [-0.25, -0.2) is 0 Å². The minimum Gasteiger partial charge on any atom is -0.399 e. The van der Waals surface area contributed by atoms with Gasteiger partial charge in [-0.3, -0.25) is 4.79 Å². The summed E-state index contributed by atoms with van der Waals surface area (Å²) in [6.07, 6.45) is 4.00. The predicted octanol–water partition coefficient (Wildman–Crippen LogP) is 3.52. The van der Waals surface area contributed by atoms with Crippen molar-refractivity contribution in [3.63, 3.8) is 0 Å². The highest BCUT2D eigenvalue weighted by atomic mass is 16.6. The Bertz CT molecular complexity index is 720. The molecule has 0 saturated carbocycles. The van der Waals surface area contributed by atoms with E-state index in [4.69, 9.17) is 0 Å². The summed E-state index contributed by atoms with van der Waals surface area (Å²) in [5.41, 5.74) is 3.44. The molecule has 0 radical (unpaired) electrons. The SMILES string of the molecule is CO/N=C/c1ccc(C(=O)Nc2ccccc2N2CCCC2)cc1. The number of carbonyl (C=O) groups is 1. The molecule has 1 fully saturated rings. The number of amides is 1. The molecule has 1 aliphatic heterocycles. The summed E-state index contributed by atoms with van der Waals surface area (Å²) < 4.78 is 0. The number of nitrogens with one attached hydrogen (secondary N) is 1. The lowest BCUT2D eigenvalue weighted by Gasteiger charge is -2.21. The summed E-state index contributed by atoms with van der Waals surface area (Å²) in [5.74, 6) is -0.114. The van der Waals surface area contributed by atoms with Crippen LogP contribution < -0.4 is 10.2 Å². The van der Waals surface area contributed by atoms with Crippen molar-refractivity contribution >= 4 is 23.5 Å². The smallest absolute Gasteiger partial charge is 0.255 e. The van der Waals surface area contributed by atoms with Crippen LogP contribution in [0.5, 0.6) is 0 Å². The van der Waals surface area contributed by atoms with Gasteiger partial charge in [-0.05, 0) is 42.7 Å². The number of nitrogens with zero attached hydrogens (tertiary/aromatic N) is 2. The number of anilines is 2. The van der Waals surface area contributed by atoms with E-state index in [0.29, 0.717) is 5.56 Å². The zero-order valence-corrected chi connectivity index (χ0v) is 13.7. The van der Waals surface area contributed by atoms with Crippen LogP contribution in [0.3, 0.4) is 0 Å². The highest BCUT2D eigenvalue weighted by Crippen LogP contribution is 2.28. The molecule has 0 unspecified atom stereocenters. The molecule has 124 valence electrons. The monoisotopic (exact) mass is 323 g/mol. The maximum Gasteiger partial charge on any atom is 0.255 e. The number of carbonyl (C=O) groups excluding carboxylic acids is 1. The maximum atomic E-state index is 12.5. The van der Waals surface area contributed by atoms with E-state index in [1.54, 1.807) is 18.3 Å². The van der Waals surface area contributed by atoms with Crippen LogP contribution in [-0.2, 0) is 4.84 Å². The van der Waals surface area contributed by atoms with Crippen LogP contribution in [0.2, 0.25) is 0 Å². The summed E-state index contributed by atoms with van der Waals surface area (Å²) in [6, 6.07) is 15.2. The van der Waals surface area contributed by atoms with Crippen molar-refractivity contribution in [2.75, 3.05) is 30.4 Å². The Kier molecular flexibility index (Phi) is 5.11. The molecule has 1 heterocycles. The van der Waals surface area contributed by atoms with Crippen molar-refractivity contribution in [1.82, 2.24) is 0 Å². The molecule has 0 bridgehead atoms. The van der Waals surface area contributed by atoms with Crippen LogP contribution in [0.15, 0.2) is 53.7 Å². The van der Waals surface area contributed by atoms with Crippen LogP contribution in [0.4, 0.5) is 11.4 Å². The normalized spacial score (nSPS) is 14.1. The van der Waals surface area contributed by atoms with Crippen LogP contribution in [0.1, 0.15) is 28.8 Å². The Labute approximate surface area is 141 Å². The van der Waals surface area contributed by atoms with Crippen LogP contribution >= 0.6 is 0 Å². The standard InChI is InChI=1S/C19H21N3O2/c1-24-20-14-15-8-10-16(11-9-15)19(23)21-17-6-2-3-7-18(17)22-12-4-5-13-22/h2-3,6-11,14H,4-5,12-13H2,1H3,(H,21,23)/b20-14+. The van der Waals surface area contributed by atoms with E-state index in [1.807, 2.05) is 30.3 Å². The predicted molar refractivity (Wildman–Crippen MR) is 96.9 cm³/mol. The quantitative estimate of drug-likeness (QED) is 0.676. The number of hydrogen-bond donors (Lipinski definition) is 1. The molecule has 5 heteroatoms. The molecule has 5 nitrogen and oxygen atoms in total. The third-order valence-corrected chi connectivity index (χ3v) is 4.08. The van der Waals surface area contributed by atoms with Crippen LogP contribution in [0, 0.1) is 0 Å². The van der Waals surface area contributed by atoms with Gasteiger partial charge < -0.3 is 15.1 Å². The van der Waals surface area contributed by atoms with Gasteiger partial charge in [0.2, 0.25) is 0 Å². The molecule has 0 aromatic heterocycles. The van der Waals surface area contributed by atoms with Gasteiger partial charge in [0.1, 0.15) is 7.11 Å². The maximum absolute atomic E-state index is 12.5. The molecule has 0 aliphatic carbocycles. The number of oxime groups is 1. The first-order valence-electron chi connectivity index (χ1n) is 8.10. The molecule has 2 aromatic carbocycles. The van der Waals surface area contributed by atoms with Crippen molar-refractivity contribution in [2.24, 2.45) is 5.16 Å². The van der Waals surface area contributed by atoms with E-state index < -0.39 is 0 Å². The van der Waals surface area contributed by atoms with E-state index in [9.17, 15) is 4.79 Å². The fourth-order valence-electron chi connectivity index (χ4n) is 2.84. The fourth-order valence-corrected chi connectivity index (χ4v) is 2.84. The van der Waals surface area contributed by atoms with Crippen molar-refractivity contribution in [2.45, 2.75) is 12.8 Å². The van der Waals surface area contributed by atoms with E-state index >= 15 is 0 Å². The molecule has 2 aromatic rings. The largest absolute Gasteiger partial charge is 0.399 e. The molecular weight excluding hydrogens is 302 g/mol. The molecule has 1 aliphatic rings. The Balaban J connectivity index is 1.74. The van der Waals surface area contributed by atoms with Crippen LogP contribution in [0.25, 0.3) is 0 Å². The van der Waals surface area contributed by atoms with E-state index in [0.717, 1.165) is 30.0 Å². The van der Waals surface area contributed by atoms with E-state index in [1.165, 1.54) is 20.0 Å². The Morgan fingerprint density at radius 2 is 1.83 bits per heavy atom. The lowest BCUT2D eigenvalue weighted by molar-refractivity contribution is 0.102. The number of hydrogen-bond acceptors (Lipinski definition) is 4. The average Bonchev–Trinajstić information content (AvgIpc) is 3.15. The third-order valence-electron chi connectivity index (χ3n) is 4.08. The van der Waals surface area contributed by atoms with E-state index in [-0.39, 0.29) is 5.91 Å². The number of benzene rings is 2. The molecule has 0 spiro atoms. The molecular formula is C19H21N3O2. The number of rotatable bonds is 5. The van der Waals surface area contributed by atoms with Crippen molar-refractivity contribution in [1.29, 1.82) is 0 Å². The van der Waals surface area contributed by atoms with Crippen LogP contribution in [-0.4, -0.2) is 32.3 Å². The number of para-hydroxylation sites is 2. The highest BCUT2D eigenvalue weighted by molar-refractivity contribution is 6.06. The Hall–Kier alpha value is -2.82. The Morgan fingerprint density at radius 1 is 1.12 bits per heavy atom. The first-order valence-corrected chi connectivity index (χ1v) is 8.10. The van der Waals surface area contributed by atoms with Gasteiger partial charge in [0.25, 0.3) is 5.91 Å². The van der Waals surface area contributed by atoms with E-state index in [2.05, 4.69) is 26.3 Å². The molecule has 0 atom stereocenters. The summed E-state index contributed by atoms with van der Waals surface area (Å²) in [4.78, 5) is 19.5. The summed E-state index contributed by atoms with van der Waals surface area (Å²) in [6.45, 7) is 2.08. The zero-order valence-electron chi connectivity index (χ0n) is 13.7. The van der Waals surface area contributed by atoms with Gasteiger partial charge in [-0.2, -0.15) is 0 Å². The van der Waals surface area contributed by atoms with Gasteiger partial charge in [0.15, 0.2) is 0 Å². The first kappa shape index (κ1) is 16.1. The molecule has 1 amide bonds. The lowest BCUT2D eigenvalue weighted by Crippen LogP contribution is -2.21. The molecule has 24 heavy (non-hydrogen) atoms. The minimum atomic E-state index is -0.114. The molecule has 1 saturated heterocycles. The first-order chi connectivity index (χ1) is 11.8. The summed E-state index contributed by atoms with van der Waals surface area (Å²) in [5, 5.41) is 6.74. The van der Waals surface area contributed by atoms with Gasteiger partial charge in [0, 0.05) is 18.7 Å². The second-order valence-corrected chi connectivity index (χ2v) is 5.70. The molecule has 3 rings (SSSR count). The lowest BCUT2D eigenvalue weighted by atomic mass is 10.1. The van der Waals surface area contributed by atoms with Crippen molar-refractivity contribution in [3.8, 4) is 0 Å². The van der Waals surface area contributed by atoms with Gasteiger partial charge in [0.05, 0.1) is 17.6 Å². The van der Waals surface area contributed by atoms with Crippen molar-refractivity contribution in [3.05, 3.63) is 59.7 Å². The minimum absolute atomic E-state index is 0.114. The van der Waals surface area contributed by atoms with Gasteiger partial charge in [-0.1, -0.05) is 29.4 Å². The second kappa shape index (κ2) is 7.64. The zero-order chi connectivity index (χ0) is 16.8. The van der Waals surface area contributed by atoms with Gasteiger partial charge >= 0.3 is 0 Å². The molecule has 1 N–H and O–H groups in total. The second-order valence-electron chi connectivity index (χ2n) is 5.70. The fraction of sp³-hybridized carbons (Fsp3) is 0.263. The summed E-state index contributed by atoms with van der Waals surface area (Å²) >= 11 is 0.